The molecule has 106 valence electrons. The predicted molar refractivity (Wildman–Crippen MR) is 76.6 cm³/mol. The molecular formula is C15H30N2O. The van der Waals surface area contributed by atoms with Gasteiger partial charge in [0.15, 0.2) is 0 Å². The second-order valence-electron chi connectivity index (χ2n) is 5.60. The van der Waals surface area contributed by atoms with Crippen LogP contribution in [0.5, 0.6) is 0 Å². The summed E-state index contributed by atoms with van der Waals surface area (Å²) in [4.78, 5) is 12.4. The van der Waals surface area contributed by atoms with Gasteiger partial charge >= 0.3 is 0 Å². The first-order valence-corrected chi connectivity index (χ1v) is 7.74. The van der Waals surface area contributed by atoms with E-state index in [0.29, 0.717) is 5.91 Å². The van der Waals surface area contributed by atoms with Crippen molar-refractivity contribution < 1.29 is 4.79 Å². The summed E-state index contributed by atoms with van der Waals surface area (Å²) in [5.41, 5.74) is -0.0786. The third kappa shape index (κ3) is 4.60. The van der Waals surface area contributed by atoms with Gasteiger partial charge in [-0.2, -0.15) is 0 Å². The molecule has 0 atom stereocenters. The van der Waals surface area contributed by atoms with E-state index in [2.05, 4.69) is 24.5 Å². The number of piperidine rings is 1. The Balaban J connectivity index is 2.35. The Morgan fingerprint density at radius 1 is 1.11 bits per heavy atom. The van der Waals surface area contributed by atoms with Crippen molar-refractivity contribution >= 4 is 5.91 Å². The molecule has 0 aromatic heterocycles. The van der Waals surface area contributed by atoms with Crippen LogP contribution < -0.4 is 10.6 Å². The minimum absolute atomic E-state index is 0.0786. The SMILES string of the molecule is CCCCCCNC(=O)C1(CCC)CCNCC1. The lowest BCUT2D eigenvalue weighted by Crippen LogP contribution is -2.47. The summed E-state index contributed by atoms with van der Waals surface area (Å²) in [5.74, 6) is 0.308. The molecule has 0 saturated carbocycles. The first-order chi connectivity index (χ1) is 8.75. The van der Waals surface area contributed by atoms with Crippen LogP contribution in [0.4, 0.5) is 0 Å². The maximum atomic E-state index is 12.4. The quantitative estimate of drug-likeness (QED) is 0.654. The van der Waals surface area contributed by atoms with E-state index in [1.807, 2.05) is 0 Å². The topological polar surface area (TPSA) is 41.1 Å². The Labute approximate surface area is 112 Å². The van der Waals surface area contributed by atoms with Gasteiger partial charge in [-0.15, -0.1) is 0 Å². The smallest absolute Gasteiger partial charge is 0.226 e. The fourth-order valence-corrected chi connectivity index (χ4v) is 2.92. The van der Waals surface area contributed by atoms with Gasteiger partial charge in [0, 0.05) is 6.54 Å². The number of amides is 1. The van der Waals surface area contributed by atoms with Crippen LogP contribution in [-0.2, 0) is 4.79 Å². The van der Waals surface area contributed by atoms with Crippen molar-refractivity contribution in [1.82, 2.24) is 10.6 Å². The molecule has 18 heavy (non-hydrogen) atoms. The minimum Gasteiger partial charge on any atom is -0.356 e. The van der Waals surface area contributed by atoms with Crippen LogP contribution in [0.1, 0.15) is 65.2 Å². The molecule has 3 heteroatoms. The number of hydrogen-bond acceptors (Lipinski definition) is 2. The van der Waals surface area contributed by atoms with E-state index in [9.17, 15) is 4.79 Å². The number of carbonyl (C=O) groups excluding carboxylic acids is 1. The summed E-state index contributed by atoms with van der Waals surface area (Å²) < 4.78 is 0. The van der Waals surface area contributed by atoms with Crippen LogP contribution in [0.15, 0.2) is 0 Å². The number of hydrogen-bond donors (Lipinski definition) is 2. The van der Waals surface area contributed by atoms with E-state index in [-0.39, 0.29) is 5.41 Å². The molecule has 1 saturated heterocycles. The van der Waals surface area contributed by atoms with Crippen molar-refractivity contribution in [3.63, 3.8) is 0 Å². The second kappa shape index (κ2) is 8.52. The molecule has 1 aliphatic rings. The van der Waals surface area contributed by atoms with E-state index in [0.717, 1.165) is 51.7 Å². The van der Waals surface area contributed by atoms with Crippen LogP contribution in [0.2, 0.25) is 0 Å². The lowest BCUT2D eigenvalue weighted by molar-refractivity contribution is -0.133. The van der Waals surface area contributed by atoms with E-state index in [4.69, 9.17) is 0 Å². The van der Waals surface area contributed by atoms with E-state index >= 15 is 0 Å². The zero-order valence-electron chi connectivity index (χ0n) is 12.2. The minimum atomic E-state index is -0.0786. The fourth-order valence-electron chi connectivity index (χ4n) is 2.92. The lowest BCUT2D eigenvalue weighted by atomic mass is 9.74. The third-order valence-corrected chi connectivity index (χ3v) is 4.09. The molecule has 0 radical (unpaired) electrons. The molecule has 0 bridgehead atoms. The third-order valence-electron chi connectivity index (χ3n) is 4.09. The van der Waals surface area contributed by atoms with Crippen molar-refractivity contribution in [2.75, 3.05) is 19.6 Å². The van der Waals surface area contributed by atoms with Gasteiger partial charge in [-0.1, -0.05) is 39.5 Å². The van der Waals surface area contributed by atoms with Crippen molar-refractivity contribution in [3.05, 3.63) is 0 Å². The monoisotopic (exact) mass is 254 g/mol. The largest absolute Gasteiger partial charge is 0.356 e. The Kier molecular flexibility index (Phi) is 7.33. The second-order valence-corrected chi connectivity index (χ2v) is 5.60. The maximum Gasteiger partial charge on any atom is 0.226 e. The molecule has 3 nitrogen and oxygen atoms in total. The average Bonchev–Trinajstić information content (AvgIpc) is 2.39. The van der Waals surface area contributed by atoms with Gasteiger partial charge in [-0.25, -0.2) is 0 Å². The molecule has 1 rings (SSSR count). The Morgan fingerprint density at radius 3 is 2.44 bits per heavy atom. The maximum absolute atomic E-state index is 12.4. The Hall–Kier alpha value is -0.570. The molecule has 1 aliphatic heterocycles. The first kappa shape index (κ1) is 15.5. The molecule has 0 aromatic rings. The van der Waals surface area contributed by atoms with Crippen molar-refractivity contribution in [3.8, 4) is 0 Å². The molecule has 0 aromatic carbocycles. The molecule has 0 spiro atoms. The van der Waals surface area contributed by atoms with E-state index < -0.39 is 0 Å². The summed E-state index contributed by atoms with van der Waals surface area (Å²) in [6.07, 6.45) is 9.03. The lowest BCUT2D eigenvalue weighted by Gasteiger charge is -2.36. The van der Waals surface area contributed by atoms with Crippen LogP contribution in [0, 0.1) is 5.41 Å². The molecule has 2 N–H and O–H groups in total. The number of carbonyl (C=O) groups is 1. The highest BCUT2D eigenvalue weighted by atomic mass is 16.2. The molecule has 1 amide bonds. The average molecular weight is 254 g/mol. The van der Waals surface area contributed by atoms with Crippen LogP contribution >= 0.6 is 0 Å². The first-order valence-electron chi connectivity index (χ1n) is 7.74. The van der Waals surface area contributed by atoms with Gasteiger partial charge in [0.1, 0.15) is 0 Å². The van der Waals surface area contributed by atoms with Crippen molar-refractivity contribution in [2.24, 2.45) is 5.41 Å². The molecule has 0 unspecified atom stereocenters. The molecule has 1 fully saturated rings. The summed E-state index contributed by atoms with van der Waals surface area (Å²) >= 11 is 0. The van der Waals surface area contributed by atoms with Gasteiger partial charge in [-0.05, 0) is 38.8 Å². The van der Waals surface area contributed by atoms with Crippen LogP contribution in [0.25, 0.3) is 0 Å². The molecular weight excluding hydrogens is 224 g/mol. The van der Waals surface area contributed by atoms with Gasteiger partial charge in [0.05, 0.1) is 5.41 Å². The zero-order valence-corrected chi connectivity index (χ0v) is 12.2. The normalized spacial score (nSPS) is 18.6. The summed E-state index contributed by atoms with van der Waals surface area (Å²) in [5, 5.41) is 6.53. The standard InChI is InChI=1S/C15H30N2O/c1-3-5-6-7-11-17-14(18)15(8-4-2)9-12-16-13-10-15/h16H,3-13H2,1-2H3,(H,17,18). The van der Waals surface area contributed by atoms with Gasteiger partial charge in [0.25, 0.3) is 0 Å². The van der Waals surface area contributed by atoms with Gasteiger partial charge in [0.2, 0.25) is 5.91 Å². The number of nitrogens with one attached hydrogen (secondary N) is 2. The van der Waals surface area contributed by atoms with E-state index in [1.54, 1.807) is 0 Å². The van der Waals surface area contributed by atoms with E-state index in [1.165, 1.54) is 19.3 Å². The highest BCUT2D eigenvalue weighted by molar-refractivity contribution is 5.82. The molecule has 0 aliphatic carbocycles. The van der Waals surface area contributed by atoms with Crippen molar-refractivity contribution in [2.45, 2.75) is 65.2 Å². The summed E-state index contributed by atoms with van der Waals surface area (Å²) in [6, 6.07) is 0. The number of unbranched alkanes of at least 4 members (excludes halogenated alkanes) is 3. The highest BCUT2D eigenvalue weighted by Gasteiger charge is 2.38. The highest BCUT2D eigenvalue weighted by Crippen LogP contribution is 2.34. The summed E-state index contributed by atoms with van der Waals surface area (Å²) in [7, 11) is 0. The summed E-state index contributed by atoms with van der Waals surface area (Å²) in [6.45, 7) is 7.23. The van der Waals surface area contributed by atoms with Crippen LogP contribution in [-0.4, -0.2) is 25.5 Å². The Morgan fingerprint density at radius 2 is 1.83 bits per heavy atom. The predicted octanol–water partition coefficient (Wildman–Crippen LogP) is 2.85. The van der Waals surface area contributed by atoms with Crippen LogP contribution in [0.3, 0.4) is 0 Å². The van der Waals surface area contributed by atoms with Crippen molar-refractivity contribution in [1.29, 1.82) is 0 Å². The van der Waals surface area contributed by atoms with Gasteiger partial charge in [-0.3, -0.25) is 4.79 Å². The molecule has 1 heterocycles. The number of rotatable bonds is 8. The van der Waals surface area contributed by atoms with Gasteiger partial charge < -0.3 is 10.6 Å². The Bertz CT molecular complexity index is 229. The zero-order chi connectivity index (χ0) is 13.3. The fraction of sp³-hybridized carbons (Fsp3) is 0.933.